The fourth-order valence-corrected chi connectivity index (χ4v) is 5.73. The predicted molar refractivity (Wildman–Crippen MR) is 117 cm³/mol. The molecule has 0 spiro atoms. The molecule has 0 saturated heterocycles. The van der Waals surface area contributed by atoms with Gasteiger partial charge in [0.2, 0.25) is 0 Å². The SMILES string of the molecule is C=CC[C@@](N)(Cc1sc2c(NCc3cccs3)cnnc2c1C)CC1(F)CC1. The molecule has 3 aromatic rings. The van der Waals surface area contributed by atoms with Crippen molar-refractivity contribution >= 4 is 38.6 Å². The van der Waals surface area contributed by atoms with Gasteiger partial charge in [-0.15, -0.1) is 34.4 Å². The largest absolute Gasteiger partial charge is 0.378 e. The highest BCUT2D eigenvalue weighted by molar-refractivity contribution is 7.19. The van der Waals surface area contributed by atoms with Gasteiger partial charge in [-0.1, -0.05) is 12.1 Å². The Morgan fingerprint density at radius 1 is 1.46 bits per heavy atom. The number of alkyl halides is 1. The molecule has 3 N–H and O–H groups in total. The first kappa shape index (κ1) is 19.5. The Morgan fingerprint density at radius 3 is 2.96 bits per heavy atom. The minimum Gasteiger partial charge on any atom is -0.378 e. The lowest BCUT2D eigenvalue weighted by molar-refractivity contribution is 0.220. The molecular formula is C21H25FN4S2. The number of rotatable bonds is 9. The smallest absolute Gasteiger partial charge is 0.113 e. The molecule has 4 rings (SSSR count). The third kappa shape index (κ3) is 4.11. The number of thiophene rings is 2. The minimum absolute atomic E-state index is 0.384. The molecule has 3 aromatic heterocycles. The monoisotopic (exact) mass is 416 g/mol. The van der Waals surface area contributed by atoms with Crippen molar-refractivity contribution in [2.24, 2.45) is 5.73 Å². The molecule has 0 unspecified atom stereocenters. The molecule has 0 aromatic carbocycles. The van der Waals surface area contributed by atoms with Crippen molar-refractivity contribution in [1.82, 2.24) is 10.2 Å². The number of hydrogen-bond acceptors (Lipinski definition) is 6. The van der Waals surface area contributed by atoms with E-state index in [1.165, 1.54) is 4.88 Å². The van der Waals surface area contributed by atoms with Gasteiger partial charge in [0.05, 0.1) is 16.6 Å². The lowest BCUT2D eigenvalue weighted by Crippen LogP contribution is -2.44. The van der Waals surface area contributed by atoms with E-state index in [0.717, 1.165) is 32.9 Å². The van der Waals surface area contributed by atoms with E-state index in [4.69, 9.17) is 5.73 Å². The van der Waals surface area contributed by atoms with Crippen LogP contribution >= 0.6 is 22.7 Å². The van der Waals surface area contributed by atoms with Gasteiger partial charge < -0.3 is 11.1 Å². The number of nitrogens with one attached hydrogen (secondary N) is 1. The molecule has 7 heteroatoms. The number of fused-ring (bicyclic) bond motifs is 1. The predicted octanol–water partition coefficient (Wildman–Crippen LogP) is 5.38. The van der Waals surface area contributed by atoms with Crippen molar-refractivity contribution in [2.75, 3.05) is 5.32 Å². The first-order valence-electron chi connectivity index (χ1n) is 9.50. The van der Waals surface area contributed by atoms with E-state index >= 15 is 0 Å². The quantitative estimate of drug-likeness (QED) is 0.460. The van der Waals surface area contributed by atoms with Gasteiger partial charge in [-0.3, -0.25) is 0 Å². The molecule has 28 heavy (non-hydrogen) atoms. The van der Waals surface area contributed by atoms with E-state index in [2.05, 4.69) is 40.5 Å². The maximum absolute atomic E-state index is 14.5. The Balaban J connectivity index is 1.61. The van der Waals surface area contributed by atoms with Crippen LogP contribution in [0.5, 0.6) is 0 Å². The lowest BCUT2D eigenvalue weighted by atomic mass is 9.84. The highest BCUT2D eigenvalue weighted by Crippen LogP contribution is 2.47. The molecule has 0 aliphatic heterocycles. The minimum atomic E-state index is -1.09. The van der Waals surface area contributed by atoms with Crippen LogP contribution in [0.25, 0.3) is 10.2 Å². The summed E-state index contributed by atoms with van der Waals surface area (Å²) in [6.07, 6.45) is 6.43. The first-order chi connectivity index (χ1) is 13.4. The van der Waals surface area contributed by atoms with Crippen LogP contribution in [-0.4, -0.2) is 21.4 Å². The second-order valence-electron chi connectivity index (χ2n) is 7.88. The molecule has 0 radical (unpaired) electrons. The fourth-order valence-electron chi connectivity index (χ4n) is 3.70. The summed E-state index contributed by atoms with van der Waals surface area (Å²) in [5.41, 5.74) is 7.94. The van der Waals surface area contributed by atoms with Gasteiger partial charge >= 0.3 is 0 Å². The first-order valence-corrected chi connectivity index (χ1v) is 11.2. The standard InChI is InChI=1S/C21H25FN4S2/c1-3-6-21(23,13-20(22)7-8-20)10-17-14(2)18-19(28-17)16(12-25-26-18)24-11-15-5-4-9-27-15/h3-5,9,12H,1,6-8,10-11,13,23H2,2H3,(H,24,26)/t21-/m1/s1. The summed E-state index contributed by atoms with van der Waals surface area (Å²) in [5.74, 6) is 0. The van der Waals surface area contributed by atoms with Gasteiger partial charge in [0.25, 0.3) is 0 Å². The van der Waals surface area contributed by atoms with E-state index in [9.17, 15) is 4.39 Å². The summed E-state index contributed by atoms with van der Waals surface area (Å²) in [6.45, 7) is 6.65. The molecule has 1 saturated carbocycles. The zero-order valence-electron chi connectivity index (χ0n) is 16.0. The van der Waals surface area contributed by atoms with Gasteiger partial charge in [-0.2, -0.15) is 5.10 Å². The second-order valence-corrected chi connectivity index (χ2v) is 10.0. The molecule has 0 amide bonds. The molecule has 4 nitrogen and oxygen atoms in total. The van der Waals surface area contributed by atoms with Crippen LogP contribution in [0, 0.1) is 6.92 Å². The van der Waals surface area contributed by atoms with E-state index in [1.54, 1.807) is 28.9 Å². The molecule has 3 heterocycles. The highest BCUT2D eigenvalue weighted by atomic mass is 32.1. The van der Waals surface area contributed by atoms with E-state index in [-0.39, 0.29) is 0 Å². The van der Waals surface area contributed by atoms with Gasteiger partial charge in [0, 0.05) is 28.3 Å². The Bertz CT molecular complexity index is 978. The lowest BCUT2D eigenvalue weighted by Gasteiger charge is -2.30. The van der Waals surface area contributed by atoms with Crippen molar-refractivity contribution in [3.05, 3.63) is 51.7 Å². The van der Waals surface area contributed by atoms with Gasteiger partial charge in [-0.05, 0) is 49.6 Å². The van der Waals surface area contributed by atoms with Crippen molar-refractivity contribution in [2.45, 2.75) is 56.8 Å². The van der Waals surface area contributed by atoms with Crippen molar-refractivity contribution < 1.29 is 4.39 Å². The topological polar surface area (TPSA) is 63.8 Å². The normalized spacial score (nSPS) is 17.4. The summed E-state index contributed by atoms with van der Waals surface area (Å²) >= 11 is 3.41. The summed E-state index contributed by atoms with van der Waals surface area (Å²) in [5, 5.41) is 14.1. The molecule has 1 atom stereocenters. The van der Waals surface area contributed by atoms with Gasteiger partial charge in [-0.25, -0.2) is 4.39 Å². The maximum atomic E-state index is 14.5. The van der Waals surface area contributed by atoms with E-state index < -0.39 is 11.2 Å². The van der Waals surface area contributed by atoms with Crippen LogP contribution in [0.4, 0.5) is 10.1 Å². The Morgan fingerprint density at radius 2 is 2.29 bits per heavy atom. The van der Waals surface area contributed by atoms with Crippen molar-refractivity contribution in [3.63, 3.8) is 0 Å². The van der Waals surface area contributed by atoms with Crippen LogP contribution in [0.1, 0.15) is 41.0 Å². The summed E-state index contributed by atoms with van der Waals surface area (Å²) in [6, 6.07) is 4.16. The molecule has 1 fully saturated rings. The number of nitrogens with zero attached hydrogens (tertiary/aromatic N) is 2. The summed E-state index contributed by atoms with van der Waals surface area (Å²) in [7, 11) is 0. The van der Waals surface area contributed by atoms with Gasteiger partial charge in [0.15, 0.2) is 0 Å². The second kappa shape index (κ2) is 7.54. The third-order valence-electron chi connectivity index (χ3n) is 5.36. The molecular weight excluding hydrogens is 391 g/mol. The molecule has 148 valence electrons. The van der Waals surface area contributed by atoms with Crippen LogP contribution in [0.15, 0.2) is 36.4 Å². The number of halogens is 1. The van der Waals surface area contributed by atoms with Gasteiger partial charge in [0.1, 0.15) is 11.2 Å². The number of aromatic nitrogens is 2. The zero-order valence-corrected chi connectivity index (χ0v) is 17.6. The number of anilines is 1. The van der Waals surface area contributed by atoms with Crippen LogP contribution in [-0.2, 0) is 13.0 Å². The zero-order chi connectivity index (χ0) is 19.8. The molecule has 1 aliphatic rings. The van der Waals surface area contributed by atoms with Crippen LogP contribution < -0.4 is 11.1 Å². The number of hydrogen-bond donors (Lipinski definition) is 2. The van der Waals surface area contributed by atoms with Crippen LogP contribution in [0.3, 0.4) is 0 Å². The third-order valence-corrected chi connectivity index (χ3v) is 7.55. The fraction of sp³-hybridized carbons (Fsp3) is 0.429. The Hall–Kier alpha value is -1.83. The van der Waals surface area contributed by atoms with Crippen molar-refractivity contribution in [3.8, 4) is 0 Å². The summed E-state index contributed by atoms with van der Waals surface area (Å²) < 4.78 is 15.6. The molecule has 1 aliphatic carbocycles. The summed E-state index contributed by atoms with van der Waals surface area (Å²) in [4.78, 5) is 2.42. The Kier molecular flexibility index (Phi) is 5.24. The number of aryl methyl sites for hydroxylation is 1. The number of nitrogens with two attached hydrogens (primary N) is 1. The van der Waals surface area contributed by atoms with E-state index in [0.29, 0.717) is 32.1 Å². The maximum Gasteiger partial charge on any atom is 0.113 e. The van der Waals surface area contributed by atoms with Crippen LogP contribution in [0.2, 0.25) is 0 Å². The molecule has 0 bridgehead atoms. The highest BCUT2D eigenvalue weighted by Gasteiger charge is 2.48. The average molecular weight is 417 g/mol. The van der Waals surface area contributed by atoms with Crippen molar-refractivity contribution in [1.29, 1.82) is 0 Å². The Labute approximate surface area is 172 Å². The van der Waals surface area contributed by atoms with E-state index in [1.807, 2.05) is 12.1 Å². The average Bonchev–Trinajstić information content (AvgIpc) is 3.05.